The Morgan fingerprint density at radius 1 is 0.229 bits per heavy atom. The summed E-state index contributed by atoms with van der Waals surface area (Å²) < 4.78 is 0. The van der Waals surface area contributed by atoms with Gasteiger partial charge in [-0.05, 0) is 94.7 Å². The van der Waals surface area contributed by atoms with Crippen molar-refractivity contribution in [3.05, 3.63) is 6.92 Å². The third-order valence-corrected chi connectivity index (χ3v) is 2.04. The molecule has 0 nitrogen and oxygen atoms in total. The first kappa shape index (κ1) is 27.4. The fourth-order valence-electron chi connectivity index (χ4n) is 0.987. The molecule has 0 fully saturated rings. The van der Waals surface area contributed by atoms with Gasteiger partial charge in [-0.1, -0.05) is 0 Å². The molecule has 0 amide bonds. The molecule has 0 rings (SSSR count). The molecule has 0 aromatic carbocycles. The first-order valence-electron chi connectivity index (χ1n) is 8.64. The lowest BCUT2D eigenvalue weighted by Crippen LogP contribution is -1.57. The van der Waals surface area contributed by atoms with Gasteiger partial charge in [-0.25, -0.2) is 5.92 Å². The van der Waals surface area contributed by atoms with E-state index in [1.54, 1.807) is 0 Å². The van der Waals surface area contributed by atoms with Gasteiger partial charge in [0.15, 0.2) is 0 Å². The Balaban J connectivity index is 4.49. The molecule has 0 atom stereocenters. The first-order chi connectivity index (χ1) is 17.4. The number of hydrogen-bond donors (Lipinski definition) is 0. The van der Waals surface area contributed by atoms with E-state index in [0.717, 1.165) is 0 Å². The number of terminal acetylenes is 1. The molecule has 0 N–H and O–H groups in total. The molecule has 0 aliphatic heterocycles. The Kier molecular flexibility index (Phi) is 20.7. The van der Waals surface area contributed by atoms with Crippen molar-refractivity contribution < 1.29 is 0 Å². The molecule has 0 saturated carbocycles. The highest BCUT2D eigenvalue weighted by atomic mass is 13.6. The van der Waals surface area contributed by atoms with Gasteiger partial charge in [0.05, 0.1) is 0 Å². The molecule has 0 spiro atoms. The lowest BCUT2D eigenvalue weighted by Gasteiger charge is -1.64. The van der Waals surface area contributed by atoms with Gasteiger partial charge in [-0.3, -0.25) is 5.92 Å². The molecular formula is C35H3-. The van der Waals surface area contributed by atoms with Crippen LogP contribution in [0.3, 0.4) is 0 Å². The second-order valence-corrected chi connectivity index (χ2v) is 4.20. The normalized spacial score (nSPS) is 3.86. The van der Waals surface area contributed by atoms with Crippen LogP contribution in [0.4, 0.5) is 0 Å². The maximum atomic E-state index is 4.92. The van der Waals surface area contributed by atoms with Gasteiger partial charge in [-0.2, -0.15) is 6.92 Å². The van der Waals surface area contributed by atoms with Crippen LogP contribution in [0.1, 0.15) is 0 Å². The highest BCUT2D eigenvalue weighted by Gasteiger charge is 1.60. The van der Waals surface area contributed by atoms with E-state index in [2.05, 4.69) is 202 Å². The first-order valence-corrected chi connectivity index (χ1v) is 8.64. The second kappa shape index (κ2) is 26.4. The maximum absolute atomic E-state index is 4.92. The summed E-state index contributed by atoms with van der Waals surface area (Å²) in [6, 6.07) is 0. The molecule has 0 unspecified atom stereocenters. The van der Waals surface area contributed by atoms with Crippen molar-refractivity contribution in [2.75, 3.05) is 0 Å². The molecule has 0 aliphatic rings. The van der Waals surface area contributed by atoms with Crippen LogP contribution in [0.25, 0.3) is 0 Å². The van der Waals surface area contributed by atoms with Gasteiger partial charge in [0.1, 0.15) is 0 Å². The zero-order valence-electron chi connectivity index (χ0n) is 17.8. The van der Waals surface area contributed by atoms with Crippen LogP contribution in [-0.4, -0.2) is 0 Å². The van der Waals surface area contributed by atoms with E-state index in [9.17, 15) is 0 Å². The smallest absolute Gasteiger partial charge is 0 e. The van der Waals surface area contributed by atoms with Crippen LogP contribution in [0.5, 0.6) is 0 Å². The molecule has 0 heterocycles. The SMILES string of the molecule is C#CC#CC#CC#CC#CC#CC#CC#CC#CC#CC#CC#CC#CC#CC#CC#CC#C[CH2-]. The minimum absolute atomic E-state index is 2.12. The Morgan fingerprint density at radius 3 is 0.514 bits per heavy atom. The van der Waals surface area contributed by atoms with Crippen LogP contribution in [0, 0.1) is 209 Å². The fraction of sp³-hybridized carbons (Fsp3) is 0. The van der Waals surface area contributed by atoms with E-state index in [0.29, 0.717) is 0 Å². The molecule has 0 bridgehead atoms. The van der Waals surface area contributed by atoms with Crippen molar-refractivity contribution in [3.8, 4) is 202 Å². The minimum atomic E-state index is 2.12. The summed E-state index contributed by atoms with van der Waals surface area (Å²) >= 11 is 0. The van der Waals surface area contributed by atoms with Crippen LogP contribution in [0.2, 0.25) is 0 Å². The van der Waals surface area contributed by atoms with Crippen molar-refractivity contribution in [3.63, 3.8) is 0 Å². The van der Waals surface area contributed by atoms with Gasteiger partial charge < -0.3 is 0 Å². The minimum Gasteiger partial charge on any atom is -0.284 e. The Bertz CT molecular complexity index is 1930. The third kappa shape index (κ3) is 26.4. The number of rotatable bonds is 0. The highest BCUT2D eigenvalue weighted by molar-refractivity contribution is 5.49. The molecule has 0 heteroatoms. The summed E-state index contributed by atoms with van der Waals surface area (Å²) in [5.41, 5.74) is 0. The summed E-state index contributed by atoms with van der Waals surface area (Å²) in [4.78, 5) is 0. The lowest BCUT2D eigenvalue weighted by atomic mass is 10.4. The average Bonchev–Trinajstić information content (AvgIpc) is 2.87. The molecule has 0 aromatic heterocycles. The molecule has 0 aromatic rings. The predicted molar refractivity (Wildman–Crippen MR) is 139 cm³/mol. The van der Waals surface area contributed by atoms with Crippen LogP contribution < -0.4 is 0 Å². The average molecular weight is 423 g/mol. The molecule has 0 saturated heterocycles. The molecule has 0 radical (unpaired) electrons. The van der Waals surface area contributed by atoms with Crippen molar-refractivity contribution in [1.82, 2.24) is 0 Å². The van der Waals surface area contributed by atoms with Crippen molar-refractivity contribution in [1.29, 1.82) is 0 Å². The summed E-state index contributed by atoms with van der Waals surface area (Å²) in [5.74, 6) is 81.3. The van der Waals surface area contributed by atoms with Gasteiger partial charge in [-0.15, -0.1) is 12.3 Å². The van der Waals surface area contributed by atoms with Gasteiger partial charge in [0, 0.05) is 82.9 Å². The highest BCUT2D eigenvalue weighted by Crippen LogP contribution is 1.60. The van der Waals surface area contributed by atoms with Crippen molar-refractivity contribution >= 4 is 0 Å². The van der Waals surface area contributed by atoms with Crippen molar-refractivity contribution in [2.45, 2.75) is 0 Å². The molecule has 0 aliphatic carbocycles. The van der Waals surface area contributed by atoms with E-state index in [1.807, 2.05) is 0 Å². The van der Waals surface area contributed by atoms with E-state index >= 15 is 0 Å². The van der Waals surface area contributed by atoms with Crippen LogP contribution in [0.15, 0.2) is 0 Å². The maximum Gasteiger partial charge on any atom is 0 e. The van der Waals surface area contributed by atoms with Gasteiger partial charge in [0.25, 0.3) is 0 Å². The van der Waals surface area contributed by atoms with Crippen molar-refractivity contribution in [2.24, 2.45) is 0 Å². The molecule has 35 heavy (non-hydrogen) atoms. The van der Waals surface area contributed by atoms with Crippen LogP contribution >= 0.6 is 0 Å². The lowest BCUT2D eigenvalue weighted by molar-refractivity contribution is 2.31. The molecule has 144 valence electrons. The van der Waals surface area contributed by atoms with Crippen LogP contribution in [-0.2, 0) is 0 Å². The van der Waals surface area contributed by atoms with E-state index < -0.39 is 0 Å². The van der Waals surface area contributed by atoms with Gasteiger partial charge >= 0.3 is 0 Å². The van der Waals surface area contributed by atoms with E-state index in [4.69, 9.17) is 6.42 Å². The Morgan fingerprint density at radius 2 is 0.371 bits per heavy atom. The summed E-state index contributed by atoms with van der Waals surface area (Å²) in [5, 5.41) is 0. The standard InChI is InChI=1S/C35H3/c1-3-5-7-9-11-13-15-17-19-21-23-25-27-29-31-33-35-34-32-30-28-26-24-22-20-18-16-14-12-10-8-6-4-2/h1H,2H2/q-1. The fourth-order valence-corrected chi connectivity index (χ4v) is 0.987. The Hall–Kier alpha value is -7.61. The quantitative estimate of drug-likeness (QED) is 0.394. The third-order valence-electron chi connectivity index (χ3n) is 2.04. The zero-order valence-corrected chi connectivity index (χ0v) is 17.8. The summed E-state index contributed by atoms with van der Waals surface area (Å²) in [6.45, 7) is 3.31. The summed E-state index contributed by atoms with van der Waals surface area (Å²) in [7, 11) is 0. The zero-order chi connectivity index (χ0) is 25.3. The van der Waals surface area contributed by atoms with E-state index in [-0.39, 0.29) is 0 Å². The predicted octanol–water partition coefficient (Wildman–Crippen LogP) is 0.508. The molecular weight excluding hydrogens is 420 g/mol. The van der Waals surface area contributed by atoms with Gasteiger partial charge in [0.2, 0.25) is 0 Å². The second-order valence-electron chi connectivity index (χ2n) is 4.20. The number of hydrogen-bond acceptors (Lipinski definition) is 0. The van der Waals surface area contributed by atoms with E-state index in [1.165, 1.54) is 0 Å². The summed E-state index contributed by atoms with van der Waals surface area (Å²) in [6.07, 6.45) is 4.92. The topological polar surface area (TPSA) is 0 Å². The Labute approximate surface area is 208 Å². The monoisotopic (exact) mass is 423 g/mol. The largest absolute Gasteiger partial charge is 0.284 e.